The number of hydrogen-bond donors (Lipinski definition) is 0. The van der Waals surface area contributed by atoms with Crippen molar-refractivity contribution in [3.05, 3.63) is 29.1 Å². The molecule has 0 fully saturated rings. The Balaban J connectivity index is 0.000001000. The predicted molar refractivity (Wildman–Crippen MR) is 37.9 cm³/mol. The molecule has 0 unspecified atom stereocenters. The van der Waals surface area contributed by atoms with Gasteiger partial charge in [0.05, 0.1) is 0 Å². The van der Waals surface area contributed by atoms with Gasteiger partial charge in [-0.3, -0.25) is 0 Å². The summed E-state index contributed by atoms with van der Waals surface area (Å²) in [5, 5.41) is 0. The van der Waals surface area contributed by atoms with Gasteiger partial charge in [-0.15, -0.1) is 11.1 Å². The first-order valence-electron chi connectivity index (χ1n) is 3.05. The van der Waals surface area contributed by atoms with Gasteiger partial charge in [-0.2, -0.15) is 6.07 Å². The molecule has 2 nitrogen and oxygen atoms in total. The van der Waals surface area contributed by atoms with Gasteiger partial charge >= 0.3 is 0 Å². The third-order valence-corrected chi connectivity index (χ3v) is 1.30. The molecular formula is C8H8NOW-. The van der Waals surface area contributed by atoms with Crippen LogP contribution in [0, 0.1) is 20.0 Å². The fourth-order valence-corrected chi connectivity index (χ4v) is 0.787. The van der Waals surface area contributed by atoms with Crippen molar-refractivity contribution >= 4 is 6.29 Å². The van der Waals surface area contributed by atoms with E-state index in [4.69, 9.17) is 0 Å². The van der Waals surface area contributed by atoms with Crippen LogP contribution >= 0.6 is 0 Å². The van der Waals surface area contributed by atoms with E-state index >= 15 is 0 Å². The Morgan fingerprint density at radius 1 is 1.55 bits per heavy atom. The first-order chi connectivity index (χ1) is 4.74. The van der Waals surface area contributed by atoms with E-state index in [-0.39, 0.29) is 21.1 Å². The number of carbonyl (C=O) groups excluding carboxylic acids is 1. The van der Waals surface area contributed by atoms with Gasteiger partial charge in [0.2, 0.25) is 0 Å². The van der Waals surface area contributed by atoms with E-state index in [1.54, 1.807) is 0 Å². The van der Waals surface area contributed by atoms with Gasteiger partial charge in [-0.1, -0.05) is 20.0 Å². The molecule has 0 aliphatic heterocycles. The Labute approximate surface area is 80.3 Å². The van der Waals surface area contributed by atoms with Crippen molar-refractivity contribution in [3.63, 3.8) is 0 Å². The van der Waals surface area contributed by atoms with E-state index in [0.29, 0.717) is 5.69 Å². The van der Waals surface area contributed by atoms with Gasteiger partial charge in [0.15, 0.2) is 0 Å². The molecule has 0 aliphatic rings. The molecule has 0 saturated carbocycles. The van der Waals surface area contributed by atoms with E-state index < -0.39 is 0 Å². The maximum absolute atomic E-state index is 10.3. The summed E-state index contributed by atoms with van der Waals surface area (Å²) < 4.78 is 0. The zero-order valence-electron chi connectivity index (χ0n) is 6.42. The van der Waals surface area contributed by atoms with E-state index in [1.165, 1.54) is 0 Å². The van der Waals surface area contributed by atoms with Crippen molar-refractivity contribution in [3.8, 4) is 0 Å². The minimum Gasteiger partial charge on any atom is -0.383 e. The van der Waals surface area contributed by atoms with Gasteiger partial charge in [-0.25, -0.2) is 0 Å². The van der Waals surface area contributed by atoms with Crippen LogP contribution in [0.25, 0.3) is 0 Å². The fraction of sp³-hybridized carbons (Fsp3) is 0.250. The number of aldehydes is 1. The summed E-state index contributed by atoms with van der Waals surface area (Å²) in [7, 11) is 0. The number of nitrogens with zero attached hydrogens (tertiary/aromatic N) is 1. The predicted octanol–water partition coefficient (Wildman–Crippen LogP) is 1.31. The zero-order chi connectivity index (χ0) is 7.56. The SMILES string of the molecule is Cc1[c-]nc(C=O)c(C)c1.[W]. The van der Waals surface area contributed by atoms with Gasteiger partial charge in [0.1, 0.15) is 6.29 Å². The topological polar surface area (TPSA) is 30.0 Å². The quantitative estimate of drug-likeness (QED) is 0.577. The van der Waals surface area contributed by atoms with E-state index in [9.17, 15) is 4.79 Å². The molecule has 0 bridgehead atoms. The minimum absolute atomic E-state index is 0. The molecule has 0 aromatic carbocycles. The molecule has 1 aromatic rings. The molecule has 1 aromatic heterocycles. The second kappa shape index (κ2) is 4.40. The fourth-order valence-electron chi connectivity index (χ4n) is 0.787. The van der Waals surface area contributed by atoms with Crippen LogP contribution in [0.2, 0.25) is 0 Å². The van der Waals surface area contributed by atoms with Crippen molar-refractivity contribution in [1.29, 1.82) is 0 Å². The Kier molecular flexibility index (Phi) is 4.20. The number of pyridine rings is 1. The van der Waals surface area contributed by atoms with Gasteiger partial charge < -0.3 is 9.78 Å². The average Bonchev–Trinajstić information content (AvgIpc) is 1.88. The zero-order valence-corrected chi connectivity index (χ0v) is 9.35. The molecule has 0 atom stereocenters. The number of aryl methyl sites for hydroxylation is 2. The molecular weight excluding hydrogens is 310 g/mol. The van der Waals surface area contributed by atoms with Crippen molar-refractivity contribution < 1.29 is 25.9 Å². The Morgan fingerprint density at radius 3 is 2.64 bits per heavy atom. The second-order valence-corrected chi connectivity index (χ2v) is 2.24. The van der Waals surface area contributed by atoms with Gasteiger partial charge in [-0.05, 0) is 5.69 Å². The van der Waals surface area contributed by atoms with Crippen LogP contribution in [0.5, 0.6) is 0 Å². The maximum atomic E-state index is 10.3. The Hall–Kier alpha value is -0.492. The summed E-state index contributed by atoms with van der Waals surface area (Å²) in [6.07, 6.45) is 3.45. The summed E-state index contributed by atoms with van der Waals surface area (Å²) in [5.41, 5.74) is 2.35. The molecule has 0 spiro atoms. The molecule has 58 valence electrons. The Morgan fingerprint density at radius 2 is 2.18 bits per heavy atom. The van der Waals surface area contributed by atoms with Crippen molar-refractivity contribution in [2.24, 2.45) is 0 Å². The largest absolute Gasteiger partial charge is 0.383 e. The first kappa shape index (κ1) is 10.5. The monoisotopic (exact) mass is 318 g/mol. The summed E-state index contributed by atoms with van der Waals surface area (Å²) >= 11 is 0. The molecule has 0 radical (unpaired) electrons. The van der Waals surface area contributed by atoms with Gasteiger partial charge in [0.25, 0.3) is 0 Å². The van der Waals surface area contributed by atoms with Gasteiger partial charge in [0, 0.05) is 21.1 Å². The number of carbonyl (C=O) groups is 1. The molecule has 11 heavy (non-hydrogen) atoms. The normalized spacial score (nSPS) is 8.55. The minimum atomic E-state index is 0. The summed E-state index contributed by atoms with van der Waals surface area (Å²) in [6.45, 7) is 3.76. The van der Waals surface area contributed by atoms with E-state index in [1.807, 2.05) is 19.9 Å². The smallest absolute Gasteiger partial charge is 0.113 e. The molecule has 0 N–H and O–H groups in total. The van der Waals surface area contributed by atoms with Crippen LogP contribution in [-0.4, -0.2) is 11.3 Å². The number of hydrogen-bond acceptors (Lipinski definition) is 2. The third-order valence-electron chi connectivity index (χ3n) is 1.30. The maximum Gasteiger partial charge on any atom is 0.113 e. The van der Waals surface area contributed by atoms with Crippen LogP contribution in [-0.2, 0) is 21.1 Å². The summed E-state index contributed by atoms with van der Waals surface area (Å²) in [6, 6.07) is 1.89. The first-order valence-corrected chi connectivity index (χ1v) is 3.05. The van der Waals surface area contributed by atoms with Crippen molar-refractivity contribution in [2.45, 2.75) is 13.8 Å². The van der Waals surface area contributed by atoms with E-state index in [0.717, 1.165) is 17.4 Å². The number of rotatable bonds is 1. The molecule has 0 aliphatic carbocycles. The van der Waals surface area contributed by atoms with Crippen LogP contribution in [0.15, 0.2) is 6.07 Å². The summed E-state index contributed by atoms with van der Waals surface area (Å²) in [5.74, 6) is 0. The number of aromatic nitrogens is 1. The molecule has 0 saturated heterocycles. The second-order valence-electron chi connectivity index (χ2n) is 2.24. The average molecular weight is 318 g/mol. The standard InChI is InChI=1S/C8H8NO.W/c1-6-3-7(2)8(5-10)9-4-6;/h3,5H,1-2H3;/q-1;. The molecule has 1 heterocycles. The third kappa shape index (κ3) is 2.55. The molecule has 1 rings (SSSR count). The van der Waals surface area contributed by atoms with Crippen molar-refractivity contribution in [2.75, 3.05) is 0 Å². The van der Waals surface area contributed by atoms with Crippen LogP contribution < -0.4 is 0 Å². The Bertz CT molecular complexity index is 260. The molecule has 0 amide bonds. The van der Waals surface area contributed by atoms with Crippen LogP contribution in [0.4, 0.5) is 0 Å². The van der Waals surface area contributed by atoms with Crippen molar-refractivity contribution in [1.82, 2.24) is 4.98 Å². The van der Waals surface area contributed by atoms with E-state index in [2.05, 4.69) is 11.2 Å². The van der Waals surface area contributed by atoms with Crippen LogP contribution in [0.1, 0.15) is 21.6 Å². The molecule has 3 heteroatoms. The van der Waals surface area contributed by atoms with Crippen LogP contribution in [0.3, 0.4) is 0 Å². The summed E-state index contributed by atoms with van der Waals surface area (Å²) in [4.78, 5) is 14.1.